The Kier molecular flexibility index (Phi) is 3.25. The van der Waals surface area contributed by atoms with Gasteiger partial charge in [-0.05, 0) is 0 Å². The van der Waals surface area contributed by atoms with E-state index in [-0.39, 0.29) is 6.42 Å². The van der Waals surface area contributed by atoms with Crippen molar-refractivity contribution < 1.29 is 34.1 Å². The Labute approximate surface area is 84.6 Å². The Morgan fingerprint density at radius 3 is 2.27 bits per heavy atom. The van der Waals surface area contributed by atoms with E-state index in [0.29, 0.717) is 0 Å². The number of methoxy groups -OCH3 is 1. The number of carboxylic acids is 2. The van der Waals surface area contributed by atoms with E-state index in [0.717, 1.165) is 7.11 Å². The first-order valence-corrected chi connectivity index (χ1v) is 4.16. The molecule has 1 heterocycles. The summed E-state index contributed by atoms with van der Waals surface area (Å²) in [7, 11) is 1.08. The van der Waals surface area contributed by atoms with Crippen molar-refractivity contribution in [1.29, 1.82) is 0 Å². The number of carbonyl (C=O) groups excluding carboxylic acids is 1. The molecule has 0 unspecified atom stereocenters. The van der Waals surface area contributed by atoms with Crippen molar-refractivity contribution in [2.24, 2.45) is 5.92 Å². The van der Waals surface area contributed by atoms with Gasteiger partial charge in [0.2, 0.25) is 0 Å². The lowest BCUT2D eigenvalue weighted by molar-refractivity contribution is -0.164. The molecule has 1 aliphatic rings. The SMILES string of the molecule is COC(=O)[C@H]1O[C@H](C(=O)O)C[C@@H]1C(=O)O. The Hall–Kier alpha value is -1.63. The average molecular weight is 218 g/mol. The van der Waals surface area contributed by atoms with Crippen LogP contribution in [0.3, 0.4) is 0 Å². The van der Waals surface area contributed by atoms with Gasteiger partial charge in [0.25, 0.3) is 0 Å². The Morgan fingerprint density at radius 2 is 1.87 bits per heavy atom. The van der Waals surface area contributed by atoms with Crippen molar-refractivity contribution >= 4 is 17.9 Å². The van der Waals surface area contributed by atoms with Crippen LogP contribution in [0.1, 0.15) is 6.42 Å². The van der Waals surface area contributed by atoms with Crippen LogP contribution in [0.5, 0.6) is 0 Å². The van der Waals surface area contributed by atoms with E-state index < -0.39 is 36.0 Å². The maximum absolute atomic E-state index is 11.1. The van der Waals surface area contributed by atoms with Crippen molar-refractivity contribution in [3.05, 3.63) is 0 Å². The summed E-state index contributed by atoms with van der Waals surface area (Å²) in [6, 6.07) is 0. The van der Waals surface area contributed by atoms with E-state index >= 15 is 0 Å². The van der Waals surface area contributed by atoms with E-state index in [1.165, 1.54) is 0 Å². The molecule has 0 aromatic carbocycles. The molecule has 0 amide bonds. The summed E-state index contributed by atoms with van der Waals surface area (Å²) in [5.74, 6) is -4.59. The summed E-state index contributed by atoms with van der Waals surface area (Å²) in [5, 5.41) is 17.4. The molecule has 3 atom stereocenters. The Balaban J connectivity index is 2.81. The standard InChI is InChI=1S/C8H10O7/c1-14-8(13)5-3(6(9)10)2-4(15-5)7(11)12/h3-5H,2H2,1H3,(H,9,10)(H,11,12)/t3-,4-,5-/m0/s1. The van der Waals surface area contributed by atoms with Crippen molar-refractivity contribution in [1.82, 2.24) is 0 Å². The normalized spacial score (nSPS) is 29.8. The second kappa shape index (κ2) is 4.26. The molecular weight excluding hydrogens is 208 g/mol. The second-order valence-corrected chi connectivity index (χ2v) is 3.09. The van der Waals surface area contributed by atoms with Gasteiger partial charge in [0.05, 0.1) is 13.0 Å². The van der Waals surface area contributed by atoms with Gasteiger partial charge < -0.3 is 19.7 Å². The summed E-state index contributed by atoms with van der Waals surface area (Å²) in [5.41, 5.74) is 0. The first kappa shape index (κ1) is 11.4. The highest BCUT2D eigenvalue weighted by molar-refractivity contribution is 5.85. The summed E-state index contributed by atoms with van der Waals surface area (Å²) < 4.78 is 9.12. The summed E-state index contributed by atoms with van der Waals surface area (Å²) in [6.45, 7) is 0. The number of carbonyl (C=O) groups is 3. The average Bonchev–Trinajstić information content (AvgIpc) is 2.61. The third kappa shape index (κ3) is 2.24. The predicted molar refractivity (Wildman–Crippen MR) is 44.1 cm³/mol. The highest BCUT2D eigenvalue weighted by Gasteiger charge is 2.47. The second-order valence-electron chi connectivity index (χ2n) is 3.09. The van der Waals surface area contributed by atoms with Crippen LogP contribution in [0.25, 0.3) is 0 Å². The quantitative estimate of drug-likeness (QED) is 0.590. The van der Waals surface area contributed by atoms with Gasteiger partial charge in [-0.25, -0.2) is 9.59 Å². The Morgan fingerprint density at radius 1 is 1.27 bits per heavy atom. The molecule has 1 fully saturated rings. The van der Waals surface area contributed by atoms with Gasteiger partial charge in [-0.1, -0.05) is 0 Å². The minimum Gasteiger partial charge on any atom is -0.481 e. The minimum absolute atomic E-state index is 0.232. The van der Waals surface area contributed by atoms with Crippen molar-refractivity contribution in [3.63, 3.8) is 0 Å². The molecule has 0 bridgehead atoms. The fraction of sp³-hybridized carbons (Fsp3) is 0.625. The third-order valence-electron chi connectivity index (χ3n) is 2.17. The number of ether oxygens (including phenoxy) is 2. The van der Waals surface area contributed by atoms with Crippen LogP contribution in [0.4, 0.5) is 0 Å². The zero-order valence-corrected chi connectivity index (χ0v) is 7.87. The van der Waals surface area contributed by atoms with Gasteiger partial charge >= 0.3 is 17.9 Å². The van der Waals surface area contributed by atoms with Crippen molar-refractivity contribution in [2.75, 3.05) is 7.11 Å². The maximum atomic E-state index is 11.1. The first-order valence-electron chi connectivity index (χ1n) is 4.16. The molecule has 2 N–H and O–H groups in total. The molecule has 0 saturated carbocycles. The fourth-order valence-electron chi connectivity index (χ4n) is 1.41. The van der Waals surface area contributed by atoms with Gasteiger partial charge in [-0.15, -0.1) is 0 Å². The number of aliphatic carboxylic acids is 2. The first-order chi connectivity index (χ1) is 6.97. The molecule has 15 heavy (non-hydrogen) atoms. The number of rotatable bonds is 3. The minimum atomic E-state index is -1.34. The Bertz CT molecular complexity index is 297. The van der Waals surface area contributed by atoms with E-state index in [4.69, 9.17) is 14.9 Å². The molecule has 0 radical (unpaired) electrons. The largest absolute Gasteiger partial charge is 0.481 e. The summed E-state index contributed by atoms with van der Waals surface area (Å²) in [6.07, 6.45) is -2.84. The molecule has 0 aliphatic carbocycles. The van der Waals surface area contributed by atoms with Gasteiger partial charge in [-0.3, -0.25) is 4.79 Å². The topological polar surface area (TPSA) is 110 Å². The van der Waals surface area contributed by atoms with Crippen LogP contribution >= 0.6 is 0 Å². The number of hydrogen-bond acceptors (Lipinski definition) is 5. The summed E-state index contributed by atoms with van der Waals surface area (Å²) >= 11 is 0. The van der Waals surface area contributed by atoms with Crippen molar-refractivity contribution in [2.45, 2.75) is 18.6 Å². The van der Waals surface area contributed by atoms with Crippen LogP contribution in [0, 0.1) is 5.92 Å². The lowest BCUT2D eigenvalue weighted by atomic mass is 9.99. The maximum Gasteiger partial charge on any atom is 0.335 e. The zero-order chi connectivity index (χ0) is 11.6. The fourth-order valence-corrected chi connectivity index (χ4v) is 1.41. The molecule has 1 rings (SSSR count). The van der Waals surface area contributed by atoms with Crippen LogP contribution in [0.15, 0.2) is 0 Å². The molecule has 84 valence electrons. The third-order valence-corrected chi connectivity index (χ3v) is 2.17. The van der Waals surface area contributed by atoms with E-state index in [9.17, 15) is 14.4 Å². The number of esters is 1. The van der Waals surface area contributed by atoms with Crippen LogP contribution in [0.2, 0.25) is 0 Å². The van der Waals surface area contributed by atoms with Crippen LogP contribution in [-0.2, 0) is 23.9 Å². The predicted octanol–water partition coefficient (Wildman–Crippen LogP) is -0.898. The molecule has 0 spiro atoms. The molecule has 1 aliphatic heterocycles. The van der Waals surface area contributed by atoms with Gasteiger partial charge in [-0.2, -0.15) is 0 Å². The smallest absolute Gasteiger partial charge is 0.335 e. The van der Waals surface area contributed by atoms with E-state index in [2.05, 4.69) is 4.74 Å². The van der Waals surface area contributed by atoms with E-state index in [1.807, 2.05) is 0 Å². The highest BCUT2D eigenvalue weighted by atomic mass is 16.6. The molecule has 7 nitrogen and oxygen atoms in total. The number of carboxylic acid groups (broad SMARTS) is 2. The molecule has 7 heteroatoms. The lowest BCUT2D eigenvalue weighted by Crippen LogP contribution is -2.32. The van der Waals surface area contributed by atoms with Crippen LogP contribution in [-0.4, -0.2) is 47.4 Å². The van der Waals surface area contributed by atoms with Crippen molar-refractivity contribution in [3.8, 4) is 0 Å². The van der Waals surface area contributed by atoms with Gasteiger partial charge in [0.15, 0.2) is 12.2 Å². The van der Waals surface area contributed by atoms with E-state index in [1.54, 1.807) is 0 Å². The highest BCUT2D eigenvalue weighted by Crippen LogP contribution is 2.27. The zero-order valence-electron chi connectivity index (χ0n) is 7.87. The van der Waals surface area contributed by atoms with Crippen LogP contribution < -0.4 is 0 Å². The monoisotopic (exact) mass is 218 g/mol. The molecule has 0 aromatic heterocycles. The number of hydrogen-bond donors (Lipinski definition) is 2. The molecular formula is C8H10O7. The molecule has 1 saturated heterocycles. The summed E-state index contributed by atoms with van der Waals surface area (Å²) in [4.78, 5) is 32.4. The molecule has 0 aromatic rings. The lowest BCUT2D eigenvalue weighted by Gasteiger charge is -2.11. The van der Waals surface area contributed by atoms with Gasteiger partial charge in [0.1, 0.15) is 0 Å². The van der Waals surface area contributed by atoms with Gasteiger partial charge in [0, 0.05) is 6.42 Å².